The van der Waals surface area contributed by atoms with Gasteiger partial charge in [0.2, 0.25) is 0 Å². The molecule has 0 amide bonds. The van der Waals surface area contributed by atoms with Crippen LogP contribution < -0.4 is 11.1 Å². The summed E-state index contributed by atoms with van der Waals surface area (Å²) in [4.78, 5) is 0. The average molecular weight is 224 g/mol. The van der Waals surface area contributed by atoms with Crippen molar-refractivity contribution in [1.29, 1.82) is 0 Å². The van der Waals surface area contributed by atoms with Gasteiger partial charge in [-0.2, -0.15) is 11.3 Å². The summed E-state index contributed by atoms with van der Waals surface area (Å²) in [6.07, 6.45) is 4.91. The van der Waals surface area contributed by atoms with Gasteiger partial charge in [0.25, 0.3) is 0 Å². The van der Waals surface area contributed by atoms with Crippen molar-refractivity contribution in [2.45, 2.75) is 51.2 Å². The first-order valence-corrected chi connectivity index (χ1v) is 6.70. The van der Waals surface area contributed by atoms with Crippen molar-refractivity contribution >= 4 is 11.3 Å². The molecule has 0 spiro atoms. The zero-order valence-electron chi connectivity index (χ0n) is 9.33. The first-order chi connectivity index (χ1) is 7.25. The predicted octanol–water partition coefficient (Wildman–Crippen LogP) is 2.42. The second-order valence-electron chi connectivity index (χ2n) is 4.58. The number of aryl methyl sites for hydroxylation is 1. The van der Waals surface area contributed by atoms with Crippen molar-refractivity contribution in [2.75, 3.05) is 0 Å². The summed E-state index contributed by atoms with van der Waals surface area (Å²) < 4.78 is 0. The molecular formula is C12H20N2S. The summed E-state index contributed by atoms with van der Waals surface area (Å²) in [6.45, 7) is 3.19. The van der Waals surface area contributed by atoms with E-state index in [-0.39, 0.29) is 0 Å². The van der Waals surface area contributed by atoms with Gasteiger partial charge in [-0.1, -0.05) is 6.42 Å². The van der Waals surface area contributed by atoms with Crippen LogP contribution in [0, 0.1) is 6.92 Å². The summed E-state index contributed by atoms with van der Waals surface area (Å²) >= 11 is 1.79. The van der Waals surface area contributed by atoms with Gasteiger partial charge in [0, 0.05) is 18.6 Å². The van der Waals surface area contributed by atoms with E-state index in [4.69, 9.17) is 5.73 Å². The van der Waals surface area contributed by atoms with Gasteiger partial charge in [-0.05, 0) is 48.1 Å². The maximum Gasteiger partial charge on any atom is 0.0218 e. The Morgan fingerprint density at radius 3 is 3.00 bits per heavy atom. The van der Waals surface area contributed by atoms with Gasteiger partial charge in [-0.3, -0.25) is 0 Å². The van der Waals surface area contributed by atoms with E-state index in [1.54, 1.807) is 11.3 Å². The molecule has 1 aromatic heterocycles. The van der Waals surface area contributed by atoms with Gasteiger partial charge in [0.1, 0.15) is 0 Å². The van der Waals surface area contributed by atoms with Crippen LogP contribution in [0.25, 0.3) is 0 Å². The van der Waals surface area contributed by atoms with Crippen LogP contribution >= 0.6 is 11.3 Å². The fourth-order valence-electron chi connectivity index (χ4n) is 2.24. The molecule has 1 heterocycles. The van der Waals surface area contributed by atoms with Crippen LogP contribution in [0.1, 0.15) is 36.8 Å². The lowest BCUT2D eigenvalue weighted by molar-refractivity contribution is 0.338. The standard InChI is InChI=1S/C12H20N2S/c1-9-7-15-8-10(9)6-14-12-4-2-3-11(13)5-12/h7-8,11-12,14H,2-6,13H2,1H3. The Bertz CT molecular complexity index is 308. The monoisotopic (exact) mass is 224 g/mol. The molecule has 0 bridgehead atoms. The van der Waals surface area contributed by atoms with Crippen LogP contribution in [0.3, 0.4) is 0 Å². The first kappa shape index (κ1) is 11.1. The van der Waals surface area contributed by atoms with Crippen LogP contribution in [0.4, 0.5) is 0 Å². The molecule has 0 radical (unpaired) electrons. The second-order valence-corrected chi connectivity index (χ2v) is 5.33. The fraction of sp³-hybridized carbons (Fsp3) is 0.667. The van der Waals surface area contributed by atoms with Crippen molar-refractivity contribution in [3.05, 3.63) is 21.9 Å². The number of nitrogens with two attached hydrogens (primary N) is 1. The summed E-state index contributed by atoms with van der Waals surface area (Å²) in [5.41, 5.74) is 8.82. The number of hydrogen-bond donors (Lipinski definition) is 2. The largest absolute Gasteiger partial charge is 0.328 e. The molecule has 1 aromatic rings. The summed E-state index contributed by atoms with van der Waals surface area (Å²) in [6, 6.07) is 1.05. The number of nitrogens with one attached hydrogen (secondary N) is 1. The lowest BCUT2D eigenvalue weighted by atomic mass is 9.91. The molecule has 2 nitrogen and oxygen atoms in total. The molecule has 1 aliphatic carbocycles. The maximum absolute atomic E-state index is 5.97. The lowest BCUT2D eigenvalue weighted by Crippen LogP contribution is -2.39. The molecule has 0 aromatic carbocycles. The molecule has 2 atom stereocenters. The highest BCUT2D eigenvalue weighted by molar-refractivity contribution is 7.08. The van der Waals surface area contributed by atoms with Crippen molar-refractivity contribution < 1.29 is 0 Å². The van der Waals surface area contributed by atoms with Crippen LogP contribution in [0.5, 0.6) is 0 Å². The molecule has 2 unspecified atom stereocenters. The van der Waals surface area contributed by atoms with E-state index in [0.29, 0.717) is 12.1 Å². The van der Waals surface area contributed by atoms with Crippen molar-refractivity contribution in [1.82, 2.24) is 5.32 Å². The summed E-state index contributed by atoms with van der Waals surface area (Å²) in [7, 11) is 0. The van der Waals surface area contributed by atoms with Crippen molar-refractivity contribution in [2.24, 2.45) is 5.73 Å². The van der Waals surface area contributed by atoms with E-state index in [9.17, 15) is 0 Å². The molecule has 0 aliphatic heterocycles. The second kappa shape index (κ2) is 5.10. The molecule has 2 rings (SSSR count). The number of hydrogen-bond acceptors (Lipinski definition) is 3. The highest BCUT2D eigenvalue weighted by Gasteiger charge is 2.18. The van der Waals surface area contributed by atoms with E-state index >= 15 is 0 Å². The predicted molar refractivity (Wildman–Crippen MR) is 66.1 cm³/mol. The maximum atomic E-state index is 5.97. The Hall–Kier alpha value is -0.380. The number of rotatable bonds is 3. The van der Waals surface area contributed by atoms with E-state index in [1.807, 2.05) is 0 Å². The first-order valence-electron chi connectivity index (χ1n) is 5.76. The minimum absolute atomic E-state index is 0.417. The molecule has 1 fully saturated rings. The topological polar surface area (TPSA) is 38.0 Å². The Kier molecular flexibility index (Phi) is 3.78. The minimum Gasteiger partial charge on any atom is -0.328 e. The molecule has 1 aliphatic rings. The third-order valence-electron chi connectivity index (χ3n) is 3.26. The molecular weight excluding hydrogens is 204 g/mol. The molecule has 1 saturated carbocycles. The SMILES string of the molecule is Cc1cscc1CNC1CCCC(N)C1. The molecule has 3 heteroatoms. The normalized spacial score (nSPS) is 26.8. The molecule has 0 saturated heterocycles. The molecule has 84 valence electrons. The Balaban J connectivity index is 1.80. The third kappa shape index (κ3) is 3.03. The van der Waals surface area contributed by atoms with Gasteiger partial charge in [-0.15, -0.1) is 0 Å². The van der Waals surface area contributed by atoms with E-state index in [2.05, 4.69) is 23.0 Å². The van der Waals surface area contributed by atoms with E-state index in [0.717, 1.165) is 13.0 Å². The van der Waals surface area contributed by atoms with Gasteiger partial charge < -0.3 is 11.1 Å². The van der Waals surface area contributed by atoms with Crippen molar-refractivity contribution in [3.8, 4) is 0 Å². The van der Waals surface area contributed by atoms with E-state index < -0.39 is 0 Å². The molecule has 3 N–H and O–H groups in total. The number of thiophene rings is 1. The van der Waals surface area contributed by atoms with Gasteiger partial charge in [0.05, 0.1) is 0 Å². The Morgan fingerprint density at radius 1 is 1.47 bits per heavy atom. The van der Waals surface area contributed by atoms with Crippen molar-refractivity contribution in [3.63, 3.8) is 0 Å². The Morgan fingerprint density at radius 2 is 2.33 bits per heavy atom. The third-order valence-corrected chi connectivity index (χ3v) is 4.17. The van der Waals surface area contributed by atoms with Crippen LogP contribution in [-0.4, -0.2) is 12.1 Å². The fourth-order valence-corrected chi connectivity index (χ4v) is 3.09. The van der Waals surface area contributed by atoms with Gasteiger partial charge >= 0.3 is 0 Å². The summed E-state index contributed by atoms with van der Waals surface area (Å²) in [5.74, 6) is 0. The Labute approximate surface area is 95.9 Å². The van der Waals surface area contributed by atoms with Crippen LogP contribution in [0.2, 0.25) is 0 Å². The minimum atomic E-state index is 0.417. The highest BCUT2D eigenvalue weighted by Crippen LogP contribution is 2.18. The van der Waals surface area contributed by atoms with E-state index in [1.165, 1.54) is 30.4 Å². The van der Waals surface area contributed by atoms with Gasteiger partial charge in [-0.25, -0.2) is 0 Å². The zero-order valence-corrected chi connectivity index (χ0v) is 10.1. The van der Waals surface area contributed by atoms with Crippen LogP contribution in [-0.2, 0) is 6.54 Å². The lowest BCUT2D eigenvalue weighted by Gasteiger charge is -2.27. The quantitative estimate of drug-likeness (QED) is 0.827. The molecule has 15 heavy (non-hydrogen) atoms. The van der Waals surface area contributed by atoms with Gasteiger partial charge in [0.15, 0.2) is 0 Å². The highest BCUT2D eigenvalue weighted by atomic mass is 32.1. The smallest absolute Gasteiger partial charge is 0.0218 e. The average Bonchev–Trinajstić information content (AvgIpc) is 2.61. The zero-order chi connectivity index (χ0) is 10.7. The summed E-state index contributed by atoms with van der Waals surface area (Å²) in [5, 5.41) is 8.07. The van der Waals surface area contributed by atoms with Crippen LogP contribution in [0.15, 0.2) is 10.8 Å².